The summed E-state index contributed by atoms with van der Waals surface area (Å²) in [5.74, 6) is 0.786. The molecule has 2 N–H and O–H groups in total. The normalized spacial score (nSPS) is 26.1. The lowest BCUT2D eigenvalue weighted by Crippen LogP contribution is -2.37. The average molecular weight is 282 g/mol. The minimum atomic E-state index is -0.306. The molecule has 0 bridgehead atoms. The van der Waals surface area contributed by atoms with Gasteiger partial charge in [0.05, 0.1) is 6.10 Å². The molecule has 0 aromatic rings. The third-order valence-electron chi connectivity index (χ3n) is 4.58. The van der Waals surface area contributed by atoms with Crippen molar-refractivity contribution in [2.24, 2.45) is 5.92 Å². The van der Waals surface area contributed by atoms with E-state index in [1.807, 2.05) is 6.92 Å². The molecule has 2 atom stereocenters. The number of ether oxygens (including phenoxy) is 1. The van der Waals surface area contributed by atoms with E-state index in [1.165, 1.54) is 32.1 Å². The van der Waals surface area contributed by atoms with Gasteiger partial charge >= 0.3 is 0 Å². The Hall–Kier alpha value is -0.610. The number of carbonyl (C=O) groups excluding carboxylic acids is 1. The fourth-order valence-corrected chi connectivity index (χ4v) is 3.23. The largest absolute Gasteiger partial charge is 0.365 e. The molecule has 0 aromatic heterocycles. The Labute approximate surface area is 123 Å². The standard InChI is InChI=1S/C16H30N2O2/c1-13(20-15-6-4-2-3-5-7-15)16(19)18-11-9-14-8-10-17-12-14/h13-15,17H,2-12H2,1H3,(H,18,19). The van der Waals surface area contributed by atoms with Crippen molar-refractivity contribution in [2.45, 2.75) is 70.5 Å². The van der Waals surface area contributed by atoms with Gasteiger partial charge in [-0.3, -0.25) is 4.79 Å². The lowest BCUT2D eigenvalue weighted by atomic mass is 10.1. The molecule has 116 valence electrons. The van der Waals surface area contributed by atoms with Crippen LogP contribution in [-0.4, -0.2) is 37.7 Å². The highest BCUT2D eigenvalue weighted by Gasteiger charge is 2.21. The quantitative estimate of drug-likeness (QED) is 0.735. The van der Waals surface area contributed by atoms with Crippen molar-refractivity contribution in [2.75, 3.05) is 19.6 Å². The highest BCUT2D eigenvalue weighted by atomic mass is 16.5. The zero-order valence-corrected chi connectivity index (χ0v) is 12.8. The maximum atomic E-state index is 12.0. The minimum Gasteiger partial charge on any atom is -0.365 e. The van der Waals surface area contributed by atoms with Gasteiger partial charge in [-0.2, -0.15) is 0 Å². The van der Waals surface area contributed by atoms with Crippen LogP contribution in [0.1, 0.15) is 58.3 Å². The first-order chi connectivity index (χ1) is 9.75. The van der Waals surface area contributed by atoms with E-state index in [0.717, 1.165) is 44.8 Å². The first kappa shape index (κ1) is 15.8. The van der Waals surface area contributed by atoms with Gasteiger partial charge in [0.1, 0.15) is 6.10 Å². The van der Waals surface area contributed by atoms with Gasteiger partial charge in [0, 0.05) is 6.54 Å². The predicted octanol–water partition coefficient (Wildman–Crippen LogP) is 2.23. The third-order valence-corrected chi connectivity index (χ3v) is 4.58. The van der Waals surface area contributed by atoms with Crippen molar-refractivity contribution in [1.29, 1.82) is 0 Å². The SMILES string of the molecule is CC(OC1CCCCCC1)C(=O)NCCC1CCNC1. The molecule has 1 aliphatic carbocycles. The number of hydrogen-bond acceptors (Lipinski definition) is 3. The van der Waals surface area contributed by atoms with Gasteiger partial charge in [0.25, 0.3) is 0 Å². The molecule has 20 heavy (non-hydrogen) atoms. The summed E-state index contributed by atoms with van der Waals surface area (Å²) in [6, 6.07) is 0. The number of nitrogens with one attached hydrogen (secondary N) is 2. The smallest absolute Gasteiger partial charge is 0.248 e. The topological polar surface area (TPSA) is 50.4 Å². The third kappa shape index (κ3) is 5.41. The Balaban J connectivity index is 1.60. The van der Waals surface area contributed by atoms with E-state index in [9.17, 15) is 4.79 Å². The molecule has 0 radical (unpaired) electrons. The molecule has 2 rings (SSSR count). The first-order valence-electron chi connectivity index (χ1n) is 8.39. The van der Waals surface area contributed by atoms with Crippen LogP contribution in [0.15, 0.2) is 0 Å². The molecule has 1 saturated heterocycles. The number of carbonyl (C=O) groups is 1. The van der Waals surface area contributed by atoms with Crippen molar-refractivity contribution in [3.8, 4) is 0 Å². The lowest BCUT2D eigenvalue weighted by Gasteiger charge is -2.21. The van der Waals surface area contributed by atoms with Gasteiger partial charge in [-0.1, -0.05) is 25.7 Å². The van der Waals surface area contributed by atoms with Gasteiger partial charge in [-0.25, -0.2) is 0 Å². The number of amides is 1. The summed E-state index contributed by atoms with van der Waals surface area (Å²) in [7, 11) is 0. The Bertz CT molecular complexity index is 282. The number of hydrogen-bond donors (Lipinski definition) is 2. The molecule has 1 heterocycles. The fourth-order valence-electron chi connectivity index (χ4n) is 3.23. The zero-order chi connectivity index (χ0) is 14.2. The Morgan fingerprint density at radius 2 is 2.00 bits per heavy atom. The first-order valence-corrected chi connectivity index (χ1v) is 8.39. The summed E-state index contributed by atoms with van der Waals surface area (Å²) in [5, 5.41) is 6.38. The van der Waals surface area contributed by atoms with Crippen LogP contribution in [-0.2, 0) is 9.53 Å². The summed E-state index contributed by atoms with van der Waals surface area (Å²) in [4.78, 5) is 12.0. The van der Waals surface area contributed by atoms with Crippen LogP contribution < -0.4 is 10.6 Å². The van der Waals surface area contributed by atoms with Crippen LogP contribution >= 0.6 is 0 Å². The van der Waals surface area contributed by atoms with E-state index in [1.54, 1.807) is 0 Å². The van der Waals surface area contributed by atoms with Gasteiger partial charge < -0.3 is 15.4 Å². The predicted molar refractivity (Wildman–Crippen MR) is 80.6 cm³/mol. The van der Waals surface area contributed by atoms with E-state index >= 15 is 0 Å². The maximum Gasteiger partial charge on any atom is 0.248 e. The molecule has 0 aromatic carbocycles. The molecule has 2 aliphatic rings. The molecule has 0 spiro atoms. The van der Waals surface area contributed by atoms with Crippen LogP contribution in [0.25, 0.3) is 0 Å². The molecular formula is C16H30N2O2. The van der Waals surface area contributed by atoms with Crippen LogP contribution in [0.3, 0.4) is 0 Å². The van der Waals surface area contributed by atoms with E-state index in [-0.39, 0.29) is 18.1 Å². The van der Waals surface area contributed by atoms with Gasteiger partial charge in [-0.05, 0) is 51.6 Å². The summed E-state index contributed by atoms with van der Waals surface area (Å²) >= 11 is 0. The highest BCUT2D eigenvalue weighted by molar-refractivity contribution is 5.80. The fraction of sp³-hybridized carbons (Fsp3) is 0.938. The molecule has 4 heteroatoms. The van der Waals surface area contributed by atoms with E-state index in [0.29, 0.717) is 0 Å². The van der Waals surface area contributed by atoms with Gasteiger partial charge in [-0.15, -0.1) is 0 Å². The average Bonchev–Trinajstić information content (AvgIpc) is 2.82. The number of rotatable bonds is 6. The molecule has 2 fully saturated rings. The molecular weight excluding hydrogens is 252 g/mol. The molecule has 4 nitrogen and oxygen atoms in total. The minimum absolute atomic E-state index is 0.0557. The molecule has 1 saturated carbocycles. The van der Waals surface area contributed by atoms with Crippen LogP contribution in [0, 0.1) is 5.92 Å². The maximum absolute atomic E-state index is 12.0. The lowest BCUT2D eigenvalue weighted by molar-refractivity contribution is -0.135. The van der Waals surface area contributed by atoms with E-state index in [4.69, 9.17) is 4.74 Å². The second-order valence-corrected chi connectivity index (χ2v) is 6.33. The summed E-state index contributed by atoms with van der Waals surface area (Å²) < 4.78 is 5.93. The second kappa shape index (κ2) is 8.63. The van der Waals surface area contributed by atoms with Gasteiger partial charge in [0.15, 0.2) is 0 Å². The van der Waals surface area contributed by atoms with Gasteiger partial charge in [0.2, 0.25) is 5.91 Å². The van der Waals surface area contributed by atoms with E-state index < -0.39 is 0 Å². The van der Waals surface area contributed by atoms with Crippen molar-refractivity contribution in [3.05, 3.63) is 0 Å². The monoisotopic (exact) mass is 282 g/mol. The summed E-state index contributed by atoms with van der Waals surface area (Å²) in [6.07, 6.45) is 9.65. The Morgan fingerprint density at radius 1 is 1.25 bits per heavy atom. The Morgan fingerprint density at radius 3 is 2.65 bits per heavy atom. The highest BCUT2D eigenvalue weighted by Crippen LogP contribution is 2.21. The van der Waals surface area contributed by atoms with Crippen molar-refractivity contribution < 1.29 is 9.53 Å². The van der Waals surface area contributed by atoms with Crippen molar-refractivity contribution in [1.82, 2.24) is 10.6 Å². The van der Waals surface area contributed by atoms with Crippen molar-refractivity contribution in [3.63, 3.8) is 0 Å². The second-order valence-electron chi connectivity index (χ2n) is 6.33. The van der Waals surface area contributed by atoms with Crippen molar-refractivity contribution >= 4 is 5.91 Å². The van der Waals surface area contributed by atoms with Crippen LogP contribution in [0.4, 0.5) is 0 Å². The summed E-state index contributed by atoms with van der Waals surface area (Å²) in [6.45, 7) is 4.89. The van der Waals surface area contributed by atoms with E-state index in [2.05, 4.69) is 10.6 Å². The summed E-state index contributed by atoms with van der Waals surface area (Å²) in [5.41, 5.74) is 0. The Kier molecular flexibility index (Phi) is 6.80. The van der Waals surface area contributed by atoms with Crippen LogP contribution in [0.2, 0.25) is 0 Å². The molecule has 2 unspecified atom stereocenters. The van der Waals surface area contributed by atoms with Crippen LogP contribution in [0.5, 0.6) is 0 Å². The molecule has 1 aliphatic heterocycles. The zero-order valence-electron chi connectivity index (χ0n) is 12.8. The molecule has 1 amide bonds.